The van der Waals surface area contributed by atoms with Crippen molar-refractivity contribution in [3.05, 3.63) is 16.9 Å². The number of aromatic nitrogens is 2. The largest absolute Gasteiger partial charge is 0.342 e. The van der Waals surface area contributed by atoms with Gasteiger partial charge in [-0.2, -0.15) is 5.10 Å². The quantitative estimate of drug-likeness (QED) is 0.823. The first kappa shape index (κ1) is 18.2. The standard InChI is InChI=1S/C18H27ClN4O2/c1-3-4-9-22-12-18(8-6-15(22)24)7-5-10-23(13-18)17(25)16-14(19)11-21(2)20-16/h11H,3-10,12-13H2,1-2H3. The monoisotopic (exact) mass is 366 g/mol. The molecule has 25 heavy (non-hydrogen) atoms. The van der Waals surface area contributed by atoms with E-state index >= 15 is 0 Å². The van der Waals surface area contributed by atoms with Crippen LogP contribution >= 0.6 is 11.6 Å². The predicted molar refractivity (Wildman–Crippen MR) is 96.5 cm³/mol. The van der Waals surface area contributed by atoms with Crippen LogP contribution in [0.4, 0.5) is 0 Å². The van der Waals surface area contributed by atoms with Crippen LogP contribution in [0.25, 0.3) is 0 Å². The predicted octanol–water partition coefficient (Wildman–Crippen LogP) is 2.72. The SMILES string of the molecule is CCCCN1CC2(CCCN(C(=O)c3nn(C)cc3Cl)C2)CCC1=O. The zero-order valence-corrected chi connectivity index (χ0v) is 15.9. The van der Waals surface area contributed by atoms with Crippen molar-refractivity contribution in [1.29, 1.82) is 0 Å². The van der Waals surface area contributed by atoms with Gasteiger partial charge in [0.2, 0.25) is 5.91 Å². The van der Waals surface area contributed by atoms with Crippen LogP contribution in [0.1, 0.15) is 55.9 Å². The Labute approximate surface area is 154 Å². The van der Waals surface area contributed by atoms with Crippen molar-refractivity contribution in [2.45, 2.75) is 45.4 Å². The van der Waals surface area contributed by atoms with Gasteiger partial charge in [0.25, 0.3) is 5.91 Å². The summed E-state index contributed by atoms with van der Waals surface area (Å²) in [5.74, 6) is 0.164. The number of aryl methyl sites for hydroxylation is 1. The lowest BCUT2D eigenvalue weighted by molar-refractivity contribution is -0.139. The summed E-state index contributed by atoms with van der Waals surface area (Å²) in [4.78, 5) is 29.0. The van der Waals surface area contributed by atoms with Crippen molar-refractivity contribution in [2.24, 2.45) is 12.5 Å². The fourth-order valence-corrected chi connectivity index (χ4v) is 4.38. The van der Waals surface area contributed by atoms with Crippen LogP contribution < -0.4 is 0 Å². The zero-order valence-electron chi connectivity index (χ0n) is 15.1. The molecule has 138 valence electrons. The minimum absolute atomic E-state index is 0.0246. The van der Waals surface area contributed by atoms with Gasteiger partial charge in [0, 0.05) is 51.3 Å². The van der Waals surface area contributed by atoms with Crippen molar-refractivity contribution in [3.63, 3.8) is 0 Å². The molecule has 0 aromatic carbocycles. The molecule has 1 aromatic rings. The van der Waals surface area contributed by atoms with E-state index in [1.165, 1.54) is 0 Å². The molecule has 2 amide bonds. The van der Waals surface area contributed by atoms with Gasteiger partial charge in [-0.25, -0.2) is 0 Å². The Bertz CT molecular complexity index is 660. The maximum Gasteiger partial charge on any atom is 0.275 e. The number of unbranched alkanes of at least 4 members (excludes halogenated alkanes) is 1. The number of piperidine rings is 2. The van der Waals surface area contributed by atoms with Crippen molar-refractivity contribution < 1.29 is 9.59 Å². The summed E-state index contributed by atoms with van der Waals surface area (Å²) in [6.07, 6.45) is 7.27. The van der Waals surface area contributed by atoms with Crippen LogP contribution in [0, 0.1) is 5.41 Å². The van der Waals surface area contributed by atoms with Crippen molar-refractivity contribution in [2.75, 3.05) is 26.2 Å². The molecule has 0 saturated carbocycles. The van der Waals surface area contributed by atoms with Crippen molar-refractivity contribution in [3.8, 4) is 0 Å². The van der Waals surface area contributed by atoms with Gasteiger partial charge < -0.3 is 9.80 Å². The van der Waals surface area contributed by atoms with Crippen molar-refractivity contribution >= 4 is 23.4 Å². The second-order valence-electron chi connectivity index (χ2n) is 7.50. The first-order chi connectivity index (χ1) is 11.9. The number of likely N-dealkylation sites (tertiary alicyclic amines) is 2. The molecule has 2 fully saturated rings. The van der Waals surface area contributed by atoms with E-state index in [0.29, 0.717) is 23.7 Å². The van der Waals surface area contributed by atoms with Gasteiger partial charge in [-0.05, 0) is 25.7 Å². The average molecular weight is 367 g/mol. The number of carbonyl (C=O) groups is 2. The maximum atomic E-state index is 12.9. The summed E-state index contributed by atoms with van der Waals surface area (Å²) in [6.45, 7) is 5.16. The smallest absolute Gasteiger partial charge is 0.275 e. The fourth-order valence-electron chi connectivity index (χ4n) is 4.12. The Kier molecular flexibility index (Phi) is 5.37. The van der Waals surface area contributed by atoms with Crippen LogP contribution in [-0.4, -0.2) is 57.6 Å². The number of hydrogen-bond donors (Lipinski definition) is 0. The highest BCUT2D eigenvalue weighted by molar-refractivity contribution is 6.33. The van der Waals surface area contributed by atoms with E-state index in [1.54, 1.807) is 17.9 Å². The highest BCUT2D eigenvalue weighted by Gasteiger charge is 2.43. The zero-order chi connectivity index (χ0) is 18.0. The van der Waals surface area contributed by atoms with E-state index < -0.39 is 0 Å². The van der Waals surface area contributed by atoms with Gasteiger partial charge in [-0.15, -0.1) is 0 Å². The van der Waals surface area contributed by atoms with Gasteiger partial charge in [0.15, 0.2) is 5.69 Å². The highest BCUT2D eigenvalue weighted by atomic mass is 35.5. The number of carbonyl (C=O) groups excluding carboxylic acids is 2. The molecule has 2 saturated heterocycles. The van der Waals surface area contributed by atoms with Gasteiger partial charge >= 0.3 is 0 Å². The molecular formula is C18H27ClN4O2. The molecule has 1 atom stereocenters. The van der Waals surface area contributed by atoms with Gasteiger partial charge in [0.1, 0.15) is 0 Å². The highest BCUT2D eigenvalue weighted by Crippen LogP contribution is 2.39. The summed E-state index contributed by atoms with van der Waals surface area (Å²) >= 11 is 6.15. The summed E-state index contributed by atoms with van der Waals surface area (Å²) in [5.41, 5.74) is 0.354. The summed E-state index contributed by atoms with van der Waals surface area (Å²) in [5, 5.41) is 4.61. The Morgan fingerprint density at radius 2 is 2.16 bits per heavy atom. The Morgan fingerprint density at radius 1 is 1.36 bits per heavy atom. The molecule has 1 aromatic heterocycles. The molecule has 0 N–H and O–H groups in total. The lowest BCUT2D eigenvalue weighted by Crippen LogP contribution is -2.55. The second kappa shape index (κ2) is 7.36. The van der Waals surface area contributed by atoms with E-state index in [0.717, 1.165) is 51.7 Å². The lowest BCUT2D eigenvalue weighted by atomic mass is 9.73. The van der Waals surface area contributed by atoms with Gasteiger partial charge in [0.05, 0.1) is 5.02 Å². The molecule has 1 spiro atoms. The first-order valence-corrected chi connectivity index (χ1v) is 9.58. The minimum Gasteiger partial charge on any atom is -0.342 e. The van der Waals surface area contributed by atoms with E-state index in [-0.39, 0.29) is 17.2 Å². The molecule has 1 unspecified atom stereocenters. The molecule has 0 radical (unpaired) electrons. The normalized spacial score (nSPS) is 24.2. The lowest BCUT2D eigenvalue weighted by Gasteiger charge is -2.48. The molecule has 0 bridgehead atoms. The third kappa shape index (κ3) is 3.84. The number of amides is 2. The summed E-state index contributed by atoms with van der Waals surface area (Å²) < 4.78 is 1.57. The van der Waals surface area contributed by atoms with E-state index in [2.05, 4.69) is 12.0 Å². The average Bonchev–Trinajstić information content (AvgIpc) is 2.94. The van der Waals surface area contributed by atoms with E-state index in [4.69, 9.17) is 11.6 Å². The minimum atomic E-state index is -0.0957. The molecule has 6 nitrogen and oxygen atoms in total. The molecule has 7 heteroatoms. The van der Waals surface area contributed by atoms with Crippen LogP contribution in [0.5, 0.6) is 0 Å². The molecule has 2 aliphatic rings. The number of rotatable bonds is 4. The van der Waals surface area contributed by atoms with E-state index in [1.807, 2.05) is 9.80 Å². The Hall–Kier alpha value is -1.56. The second-order valence-corrected chi connectivity index (χ2v) is 7.91. The van der Waals surface area contributed by atoms with Gasteiger partial charge in [-0.3, -0.25) is 14.3 Å². The summed E-state index contributed by atoms with van der Waals surface area (Å²) in [7, 11) is 1.76. The molecule has 2 aliphatic heterocycles. The fraction of sp³-hybridized carbons (Fsp3) is 0.722. The number of halogens is 1. The topological polar surface area (TPSA) is 58.4 Å². The molecule has 3 rings (SSSR count). The van der Waals surface area contributed by atoms with Gasteiger partial charge in [-0.1, -0.05) is 24.9 Å². The van der Waals surface area contributed by atoms with Crippen LogP contribution in [0.2, 0.25) is 5.02 Å². The van der Waals surface area contributed by atoms with Crippen LogP contribution in [-0.2, 0) is 11.8 Å². The first-order valence-electron chi connectivity index (χ1n) is 9.20. The molecule has 0 aliphatic carbocycles. The third-order valence-corrected chi connectivity index (χ3v) is 5.74. The third-order valence-electron chi connectivity index (χ3n) is 5.47. The Balaban J connectivity index is 1.72. The molecular weight excluding hydrogens is 340 g/mol. The summed E-state index contributed by atoms with van der Waals surface area (Å²) in [6, 6.07) is 0. The maximum absolute atomic E-state index is 12.9. The van der Waals surface area contributed by atoms with Crippen LogP contribution in [0.3, 0.4) is 0 Å². The number of hydrogen-bond acceptors (Lipinski definition) is 3. The van der Waals surface area contributed by atoms with Crippen molar-refractivity contribution in [1.82, 2.24) is 19.6 Å². The van der Waals surface area contributed by atoms with E-state index in [9.17, 15) is 9.59 Å². The number of nitrogens with zero attached hydrogens (tertiary/aromatic N) is 4. The Morgan fingerprint density at radius 3 is 2.84 bits per heavy atom. The molecule has 3 heterocycles. The van der Waals surface area contributed by atoms with Crippen LogP contribution in [0.15, 0.2) is 6.20 Å².